The Morgan fingerprint density at radius 3 is 2.85 bits per heavy atom. The molecule has 0 saturated heterocycles. The average molecular weight is 260 g/mol. The average Bonchev–Trinajstić information content (AvgIpc) is 2.10. The lowest BCUT2D eigenvalue weighted by Gasteiger charge is -2.07. The molecule has 13 heavy (non-hydrogen) atoms. The van der Waals surface area contributed by atoms with E-state index in [1.165, 1.54) is 10.5 Å². The summed E-state index contributed by atoms with van der Waals surface area (Å²) in [5, 5.41) is 3.17. The van der Waals surface area contributed by atoms with Gasteiger partial charge in [-0.25, -0.2) is 0 Å². The van der Waals surface area contributed by atoms with Gasteiger partial charge >= 0.3 is 0 Å². The van der Waals surface area contributed by atoms with Crippen LogP contribution in [-0.4, -0.2) is 12.8 Å². The Balaban J connectivity index is 2.89. The molecule has 0 aliphatic rings. The van der Waals surface area contributed by atoms with Crippen LogP contribution in [0.2, 0.25) is 0 Å². The summed E-state index contributed by atoms with van der Waals surface area (Å²) in [6.07, 6.45) is 0. The quantitative estimate of drug-likeness (QED) is 0.834. The fourth-order valence-electron chi connectivity index (χ4n) is 1.15. The molecule has 0 bridgehead atoms. The van der Waals surface area contributed by atoms with E-state index >= 15 is 0 Å². The van der Waals surface area contributed by atoms with E-state index in [-0.39, 0.29) is 0 Å². The minimum Gasteiger partial charge on any atom is -0.316 e. The van der Waals surface area contributed by atoms with Crippen LogP contribution in [0.15, 0.2) is 27.6 Å². The molecule has 0 radical (unpaired) electrons. The summed E-state index contributed by atoms with van der Waals surface area (Å²) < 4.78 is 1.16. The van der Waals surface area contributed by atoms with Crippen LogP contribution >= 0.6 is 27.7 Å². The highest BCUT2D eigenvalue weighted by molar-refractivity contribution is 9.10. The Hall–Kier alpha value is 0.01000. The van der Waals surface area contributed by atoms with Crippen LogP contribution in [0.3, 0.4) is 0 Å². The van der Waals surface area contributed by atoms with E-state index < -0.39 is 0 Å². The maximum absolute atomic E-state index is 3.48. The fraction of sp³-hybridized carbons (Fsp3) is 0.400. The standard InChI is InChI=1S/C10H14BrNS/c1-3-13-10-6-9(11)5-4-8(10)7-12-2/h4-6,12H,3,7H2,1-2H3. The Morgan fingerprint density at radius 1 is 1.46 bits per heavy atom. The normalized spacial score (nSPS) is 10.4. The molecule has 1 N–H and O–H groups in total. The molecule has 0 fully saturated rings. The van der Waals surface area contributed by atoms with Crippen molar-refractivity contribution in [1.82, 2.24) is 5.32 Å². The topological polar surface area (TPSA) is 12.0 Å². The number of thioether (sulfide) groups is 1. The molecule has 0 atom stereocenters. The number of halogens is 1. The van der Waals surface area contributed by atoms with Gasteiger partial charge in [-0.15, -0.1) is 11.8 Å². The number of hydrogen-bond donors (Lipinski definition) is 1. The first-order valence-corrected chi connectivity index (χ1v) is 6.11. The first-order valence-electron chi connectivity index (χ1n) is 4.33. The van der Waals surface area contributed by atoms with Crippen molar-refractivity contribution in [1.29, 1.82) is 0 Å². The first-order chi connectivity index (χ1) is 6.27. The molecule has 1 aromatic rings. The number of benzene rings is 1. The molecule has 0 spiro atoms. The van der Waals surface area contributed by atoms with Crippen molar-refractivity contribution in [3.8, 4) is 0 Å². The third kappa shape index (κ3) is 3.33. The minimum atomic E-state index is 0.940. The third-order valence-electron chi connectivity index (χ3n) is 1.70. The van der Waals surface area contributed by atoms with Gasteiger partial charge in [-0.1, -0.05) is 28.9 Å². The van der Waals surface area contributed by atoms with Crippen LogP contribution in [0.1, 0.15) is 12.5 Å². The second-order valence-electron chi connectivity index (χ2n) is 2.72. The fourth-order valence-corrected chi connectivity index (χ4v) is 2.51. The molecule has 0 aliphatic heterocycles. The largest absolute Gasteiger partial charge is 0.316 e. The van der Waals surface area contributed by atoms with Gasteiger partial charge in [0.1, 0.15) is 0 Å². The van der Waals surface area contributed by atoms with Crippen LogP contribution in [0.4, 0.5) is 0 Å². The van der Waals surface area contributed by atoms with Crippen LogP contribution in [0.25, 0.3) is 0 Å². The molecule has 0 heterocycles. The smallest absolute Gasteiger partial charge is 0.0213 e. The summed E-state index contributed by atoms with van der Waals surface area (Å²) in [5.74, 6) is 1.12. The summed E-state index contributed by atoms with van der Waals surface area (Å²) in [6, 6.07) is 6.44. The molecule has 0 aromatic heterocycles. The molecule has 3 heteroatoms. The predicted molar refractivity (Wildman–Crippen MR) is 63.3 cm³/mol. The monoisotopic (exact) mass is 259 g/mol. The number of rotatable bonds is 4. The van der Waals surface area contributed by atoms with Crippen molar-refractivity contribution in [3.05, 3.63) is 28.2 Å². The second-order valence-corrected chi connectivity index (χ2v) is 4.94. The van der Waals surface area contributed by atoms with Gasteiger partial charge in [0.2, 0.25) is 0 Å². The molecule has 0 aliphatic carbocycles. The summed E-state index contributed by atoms with van der Waals surface area (Å²) >= 11 is 5.37. The van der Waals surface area contributed by atoms with Gasteiger partial charge in [0.15, 0.2) is 0 Å². The van der Waals surface area contributed by atoms with Crippen LogP contribution in [0, 0.1) is 0 Å². The Kier molecular flexibility index (Phi) is 4.84. The van der Waals surface area contributed by atoms with Crippen molar-refractivity contribution in [2.75, 3.05) is 12.8 Å². The Labute approximate surface area is 92.4 Å². The highest BCUT2D eigenvalue weighted by Crippen LogP contribution is 2.26. The van der Waals surface area contributed by atoms with Crippen molar-refractivity contribution in [2.24, 2.45) is 0 Å². The van der Waals surface area contributed by atoms with E-state index in [0.29, 0.717) is 0 Å². The number of nitrogens with one attached hydrogen (secondary N) is 1. The molecule has 1 aromatic carbocycles. The summed E-state index contributed by atoms with van der Waals surface area (Å²) in [7, 11) is 1.97. The zero-order valence-corrected chi connectivity index (χ0v) is 10.3. The molecular weight excluding hydrogens is 246 g/mol. The van der Waals surface area contributed by atoms with Crippen LogP contribution in [-0.2, 0) is 6.54 Å². The molecule has 0 amide bonds. The van der Waals surface area contributed by atoms with E-state index in [2.05, 4.69) is 46.4 Å². The van der Waals surface area contributed by atoms with Gasteiger partial charge < -0.3 is 5.32 Å². The van der Waals surface area contributed by atoms with Gasteiger partial charge in [-0.05, 0) is 30.5 Å². The van der Waals surface area contributed by atoms with Crippen LogP contribution in [0.5, 0.6) is 0 Å². The zero-order chi connectivity index (χ0) is 9.68. The predicted octanol–water partition coefficient (Wildman–Crippen LogP) is 3.28. The minimum absolute atomic E-state index is 0.940. The van der Waals surface area contributed by atoms with Gasteiger partial charge in [-0.2, -0.15) is 0 Å². The zero-order valence-electron chi connectivity index (χ0n) is 7.93. The summed E-state index contributed by atoms with van der Waals surface area (Å²) in [6.45, 7) is 3.12. The third-order valence-corrected chi connectivity index (χ3v) is 3.17. The molecular formula is C10H14BrNS. The van der Waals surface area contributed by atoms with Crippen molar-refractivity contribution in [2.45, 2.75) is 18.4 Å². The first kappa shape index (κ1) is 11.1. The van der Waals surface area contributed by atoms with E-state index in [1.807, 2.05) is 18.8 Å². The van der Waals surface area contributed by atoms with E-state index in [0.717, 1.165) is 16.8 Å². The van der Waals surface area contributed by atoms with E-state index in [1.54, 1.807) is 0 Å². The van der Waals surface area contributed by atoms with Gasteiger partial charge in [0, 0.05) is 15.9 Å². The lowest BCUT2D eigenvalue weighted by molar-refractivity contribution is 0.803. The Bertz CT molecular complexity index is 276. The molecule has 1 rings (SSSR count). The van der Waals surface area contributed by atoms with Gasteiger partial charge in [0.25, 0.3) is 0 Å². The van der Waals surface area contributed by atoms with E-state index in [9.17, 15) is 0 Å². The lowest BCUT2D eigenvalue weighted by atomic mass is 10.2. The second kappa shape index (κ2) is 5.68. The molecule has 0 saturated carbocycles. The van der Waals surface area contributed by atoms with Crippen molar-refractivity contribution < 1.29 is 0 Å². The summed E-state index contributed by atoms with van der Waals surface area (Å²) in [4.78, 5) is 1.37. The number of hydrogen-bond acceptors (Lipinski definition) is 2. The molecule has 0 unspecified atom stereocenters. The van der Waals surface area contributed by atoms with Gasteiger partial charge in [0.05, 0.1) is 0 Å². The van der Waals surface area contributed by atoms with Crippen molar-refractivity contribution in [3.63, 3.8) is 0 Å². The lowest BCUT2D eigenvalue weighted by Crippen LogP contribution is -2.06. The summed E-state index contributed by atoms with van der Waals surface area (Å²) in [5.41, 5.74) is 1.37. The van der Waals surface area contributed by atoms with E-state index in [4.69, 9.17) is 0 Å². The highest BCUT2D eigenvalue weighted by Gasteiger charge is 2.01. The molecule has 1 nitrogen and oxygen atoms in total. The van der Waals surface area contributed by atoms with Gasteiger partial charge in [-0.3, -0.25) is 0 Å². The Morgan fingerprint density at radius 2 is 2.23 bits per heavy atom. The van der Waals surface area contributed by atoms with Crippen molar-refractivity contribution >= 4 is 27.7 Å². The molecule has 72 valence electrons. The van der Waals surface area contributed by atoms with Crippen LogP contribution < -0.4 is 5.32 Å². The maximum atomic E-state index is 3.48. The maximum Gasteiger partial charge on any atom is 0.0213 e. The highest BCUT2D eigenvalue weighted by atomic mass is 79.9. The SMILES string of the molecule is CCSc1cc(Br)ccc1CNC.